The van der Waals surface area contributed by atoms with Gasteiger partial charge < -0.3 is 5.32 Å². The van der Waals surface area contributed by atoms with E-state index in [4.69, 9.17) is 23.2 Å². The van der Waals surface area contributed by atoms with E-state index in [9.17, 15) is 0 Å². The summed E-state index contributed by atoms with van der Waals surface area (Å²) in [7, 11) is 0. The Bertz CT molecular complexity index is 629. The number of benzene rings is 1. The average molecular weight is 406 g/mol. The average Bonchev–Trinajstić information content (AvgIpc) is 3.16. The van der Waals surface area contributed by atoms with Gasteiger partial charge in [-0.2, -0.15) is 0 Å². The van der Waals surface area contributed by atoms with Crippen molar-refractivity contribution < 1.29 is 0 Å². The van der Waals surface area contributed by atoms with Crippen molar-refractivity contribution in [3.05, 3.63) is 43.8 Å². The smallest absolute Gasteiger partial charge is 0.135 e. The van der Waals surface area contributed by atoms with Gasteiger partial charge in [-0.25, -0.2) is 9.97 Å². The molecule has 0 unspecified atom stereocenters. The maximum absolute atomic E-state index is 6.19. The monoisotopic (exact) mass is 405 g/mol. The highest BCUT2D eigenvalue weighted by Gasteiger charge is 2.27. The predicted molar refractivity (Wildman–Crippen MR) is 86.5 cm³/mol. The molecule has 0 atom stereocenters. The van der Waals surface area contributed by atoms with Gasteiger partial charge in [-0.3, -0.25) is 0 Å². The Morgan fingerprint density at radius 2 is 1.95 bits per heavy atom. The molecule has 1 aliphatic carbocycles. The zero-order valence-electron chi connectivity index (χ0n) is 9.83. The molecule has 0 bridgehead atoms. The van der Waals surface area contributed by atoms with Gasteiger partial charge in [-0.15, -0.1) is 0 Å². The largest absolute Gasteiger partial charge is 0.339 e. The van der Waals surface area contributed by atoms with Gasteiger partial charge in [-0.1, -0.05) is 23.2 Å². The van der Waals surface area contributed by atoms with Crippen LogP contribution in [0.15, 0.2) is 24.3 Å². The Kier molecular flexibility index (Phi) is 3.82. The molecule has 0 aliphatic heterocycles. The van der Waals surface area contributed by atoms with Crippen LogP contribution in [0.3, 0.4) is 0 Å². The Balaban J connectivity index is 1.89. The normalized spacial score (nSPS) is 14.5. The number of hydrogen-bond donors (Lipinski definition) is 1. The first-order valence-corrected chi connectivity index (χ1v) is 7.72. The summed E-state index contributed by atoms with van der Waals surface area (Å²) >= 11 is 14.4. The molecule has 1 N–H and O–H groups in total. The molecule has 0 radical (unpaired) electrons. The molecule has 19 heavy (non-hydrogen) atoms. The summed E-state index contributed by atoms with van der Waals surface area (Å²) < 4.78 is 1.09. The van der Waals surface area contributed by atoms with Gasteiger partial charge >= 0.3 is 0 Å². The predicted octanol–water partition coefficient (Wildman–Crippen LogP) is 5.01. The lowest BCUT2D eigenvalue weighted by atomic mass is 10.3. The van der Waals surface area contributed by atoms with Gasteiger partial charge in [-0.05, 0) is 53.6 Å². The molecular formula is C13H10Cl2IN3. The van der Waals surface area contributed by atoms with Crippen LogP contribution in [0.4, 0.5) is 11.5 Å². The number of aromatic nitrogens is 2. The van der Waals surface area contributed by atoms with Gasteiger partial charge in [0, 0.05) is 15.6 Å². The van der Waals surface area contributed by atoms with Crippen LogP contribution in [0.1, 0.15) is 24.6 Å². The highest BCUT2D eigenvalue weighted by molar-refractivity contribution is 14.1. The SMILES string of the molecule is Clc1cc(Nc2ccc(I)cc2Cl)nc(C2CC2)n1. The Labute approximate surface area is 134 Å². The van der Waals surface area contributed by atoms with Crippen molar-refractivity contribution in [1.29, 1.82) is 0 Å². The van der Waals surface area contributed by atoms with Crippen molar-refractivity contribution in [2.45, 2.75) is 18.8 Å². The Morgan fingerprint density at radius 3 is 2.63 bits per heavy atom. The first kappa shape index (κ1) is 13.4. The number of nitrogens with zero attached hydrogens (tertiary/aromatic N) is 2. The van der Waals surface area contributed by atoms with E-state index >= 15 is 0 Å². The number of rotatable bonds is 3. The molecule has 0 saturated heterocycles. The summed E-state index contributed by atoms with van der Waals surface area (Å²) in [6, 6.07) is 7.52. The number of hydrogen-bond acceptors (Lipinski definition) is 3. The third-order valence-corrected chi connectivity index (χ3v) is 4.03. The second-order valence-electron chi connectivity index (χ2n) is 4.46. The van der Waals surface area contributed by atoms with Crippen LogP contribution in [-0.4, -0.2) is 9.97 Å². The summed E-state index contributed by atoms with van der Waals surface area (Å²) in [5.41, 5.74) is 0.818. The van der Waals surface area contributed by atoms with E-state index in [-0.39, 0.29) is 0 Å². The summed E-state index contributed by atoms with van der Waals surface area (Å²) in [5, 5.41) is 4.31. The lowest BCUT2D eigenvalue weighted by molar-refractivity contribution is 0.931. The maximum Gasteiger partial charge on any atom is 0.135 e. The molecule has 3 nitrogen and oxygen atoms in total. The molecule has 2 aromatic rings. The molecule has 1 heterocycles. The highest BCUT2D eigenvalue weighted by Crippen LogP contribution is 2.39. The quantitative estimate of drug-likeness (QED) is 0.576. The fraction of sp³-hybridized carbons (Fsp3) is 0.231. The third-order valence-electron chi connectivity index (χ3n) is 2.85. The van der Waals surface area contributed by atoms with Crippen molar-refractivity contribution in [2.75, 3.05) is 5.32 Å². The zero-order chi connectivity index (χ0) is 13.4. The fourth-order valence-corrected chi connectivity index (χ4v) is 2.85. The van der Waals surface area contributed by atoms with Crippen LogP contribution < -0.4 is 5.32 Å². The number of nitrogens with one attached hydrogen (secondary N) is 1. The van der Waals surface area contributed by atoms with E-state index in [1.54, 1.807) is 6.07 Å². The van der Waals surface area contributed by atoms with Crippen molar-refractivity contribution in [1.82, 2.24) is 9.97 Å². The van der Waals surface area contributed by atoms with E-state index in [2.05, 4.69) is 37.9 Å². The molecule has 1 aliphatic rings. The molecule has 0 spiro atoms. The van der Waals surface area contributed by atoms with E-state index in [1.807, 2.05) is 18.2 Å². The van der Waals surface area contributed by atoms with Crippen LogP contribution in [0.5, 0.6) is 0 Å². The lowest BCUT2D eigenvalue weighted by Crippen LogP contribution is -2.00. The standard InChI is InChI=1S/C13H10Cl2IN3/c14-9-5-8(16)3-4-10(9)17-12-6-11(15)18-13(19-12)7-1-2-7/h3-7H,1-2H2,(H,17,18,19). The summed E-state index contributed by atoms with van der Waals surface area (Å²) in [6.45, 7) is 0. The first-order valence-electron chi connectivity index (χ1n) is 5.88. The second kappa shape index (κ2) is 5.42. The van der Waals surface area contributed by atoms with Crippen molar-refractivity contribution >= 4 is 57.3 Å². The van der Waals surface area contributed by atoms with Gasteiger partial charge in [0.15, 0.2) is 0 Å². The van der Waals surface area contributed by atoms with E-state index < -0.39 is 0 Å². The Hall–Kier alpha value is -0.590. The third kappa shape index (κ3) is 3.30. The summed E-state index contributed by atoms with van der Waals surface area (Å²) in [6.07, 6.45) is 2.29. The highest BCUT2D eigenvalue weighted by atomic mass is 127. The minimum absolute atomic E-state index is 0.459. The summed E-state index contributed by atoms with van der Waals surface area (Å²) in [4.78, 5) is 8.74. The van der Waals surface area contributed by atoms with Crippen molar-refractivity contribution in [3.63, 3.8) is 0 Å². The molecule has 6 heteroatoms. The van der Waals surface area contributed by atoms with Crippen molar-refractivity contribution in [2.24, 2.45) is 0 Å². The van der Waals surface area contributed by atoms with Gasteiger partial charge in [0.05, 0.1) is 10.7 Å². The van der Waals surface area contributed by atoms with Crippen LogP contribution in [0, 0.1) is 3.57 Å². The zero-order valence-corrected chi connectivity index (χ0v) is 13.5. The number of anilines is 2. The van der Waals surface area contributed by atoms with Crippen LogP contribution in [0.25, 0.3) is 0 Å². The van der Waals surface area contributed by atoms with E-state index in [0.29, 0.717) is 21.9 Å². The topological polar surface area (TPSA) is 37.8 Å². The Morgan fingerprint density at radius 1 is 1.16 bits per heavy atom. The van der Waals surface area contributed by atoms with Crippen molar-refractivity contribution in [3.8, 4) is 0 Å². The molecular weight excluding hydrogens is 396 g/mol. The van der Waals surface area contributed by atoms with E-state index in [0.717, 1.165) is 27.9 Å². The van der Waals surface area contributed by atoms with E-state index in [1.165, 1.54) is 0 Å². The van der Waals surface area contributed by atoms with Gasteiger partial charge in [0.1, 0.15) is 16.8 Å². The maximum atomic E-state index is 6.19. The van der Waals surface area contributed by atoms with Gasteiger partial charge in [0.25, 0.3) is 0 Å². The minimum atomic E-state index is 0.459. The fourth-order valence-electron chi connectivity index (χ4n) is 1.75. The first-order chi connectivity index (χ1) is 9.11. The van der Waals surface area contributed by atoms with Crippen LogP contribution in [0.2, 0.25) is 10.2 Å². The molecule has 1 aromatic carbocycles. The van der Waals surface area contributed by atoms with Crippen LogP contribution >= 0.6 is 45.8 Å². The van der Waals surface area contributed by atoms with Gasteiger partial charge in [0.2, 0.25) is 0 Å². The van der Waals surface area contributed by atoms with Crippen LogP contribution in [-0.2, 0) is 0 Å². The second-order valence-corrected chi connectivity index (χ2v) is 6.50. The molecule has 1 aromatic heterocycles. The minimum Gasteiger partial charge on any atom is -0.339 e. The molecule has 0 amide bonds. The summed E-state index contributed by atoms with van der Waals surface area (Å²) in [5.74, 6) is 1.97. The lowest BCUT2D eigenvalue weighted by Gasteiger charge is -2.09. The number of halogens is 3. The molecule has 1 saturated carbocycles. The molecule has 3 rings (SSSR count). The molecule has 98 valence electrons. The molecule has 1 fully saturated rings.